The second kappa shape index (κ2) is 8.37. The molecule has 1 aromatic heterocycles. The van der Waals surface area contributed by atoms with E-state index in [1.165, 1.54) is 5.56 Å². The summed E-state index contributed by atoms with van der Waals surface area (Å²) in [6.45, 7) is 5.98. The van der Waals surface area contributed by atoms with Crippen LogP contribution in [0, 0.1) is 13.8 Å². The number of carboxylic acids is 1. The predicted molar refractivity (Wildman–Crippen MR) is 92.8 cm³/mol. The van der Waals surface area contributed by atoms with Gasteiger partial charge in [-0.2, -0.15) is 0 Å². The fraction of sp³-hybridized carbons (Fsp3) is 0.368. The van der Waals surface area contributed by atoms with Gasteiger partial charge in [0, 0.05) is 12.5 Å². The number of carbonyl (C=O) groups excluding carboxylic acids is 1. The molecule has 1 atom stereocenters. The van der Waals surface area contributed by atoms with Crippen LogP contribution in [0.25, 0.3) is 0 Å². The Morgan fingerprint density at radius 3 is 2.68 bits per heavy atom. The van der Waals surface area contributed by atoms with Gasteiger partial charge in [-0.3, -0.25) is 9.59 Å². The molecule has 0 saturated heterocycles. The lowest BCUT2D eigenvalue weighted by Crippen LogP contribution is -2.32. The van der Waals surface area contributed by atoms with E-state index < -0.39 is 5.97 Å². The summed E-state index contributed by atoms with van der Waals surface area (Å²) in [5.74, 6) is 0.251. The number of amides is 1. The van der Waals surface area contributed by atoms with Gasteiger partial charge in [0.1, 0.15) is 18.1 Å². The maximum absolute atomic E-state index is 12.1. The SMILES string of the molecule is Cc1ccc(OCc2ccc(C(=O)NC(C)CCC(=O)O)o2)c(C)c1. The molecule has 1 unspecified atom stereocenters. The van der Waals surface area contributed by atoms with E-state index in [-0.39, 0.29) is 30.7 Å². The molecule has 0 aliphatic heterocycles. The third-order valence-corrected chi connectivity index (χ3v) is 3.75. The zero-order chi connectivity index (χ0) is 18.4. The van der Waals surface area contributed by atoms with Gasteiger partial charge in [-0.05, 0) is 51.0 Å². The van der Waals surface area contributed by atoms with E-state index in [1.807, 2.05) is 32.0 Å². The zero-order valence-corrected chi connectivity index (χ0v) is 14.7. The maximum Gasteiger partial charge on any atom is 0.303 e. The molecule has 6 heteroatoms. The molecule has 0 bridgehead atoms. The Labute approximate surface area is 146 Å². The lowest BCUT2D eigenvalue weighted by Gasteiger charge is -2.11. The molecule has 1 aromatic carbocycles. The van der Waals surface area contributed by atoms with Gasteiger partial charge in [0.2, 0.25) is 0 Å². The first-order valence-corrected chi connectivity index (χ1v) is 8.16. The summed E-state index contributed by atoms with van der Waals surface area (Å²) in [6, 6.07) is 8.95. The number of aryl methyl sites for hydroxylation is 2. The first-order valence-electron chi connectivity index (χ1n) is 8.16. The van der Waals surface area contributed by atoms with Gasteiger partial charge >= 0.3 is 5.97 Å². The highest BCUT2D eigenvalue weighted by molar-refractivity contribution is 5.91. The van der Waals surface area contributed by atoms with Crippen molar-refractivity contribution in [1.29, 1.82) is 0 Å². The molecule has 2 aromatic rings. The molecule has 0 radical (unpaired) electrons. The number of carboxylic acid groups (broad SMARTS) is 1. The van der Waals surface area contributed by atoms with Crippen LogP contribution in [0.4, 0.5) is 0 Å². The van der Waals surface area contributed by atoms with Crippen LogP contribution in [0.3, 0.4) is 0 Å². The number of aliphatic carboxylic acids is 1. The first-order chi connectivity index (χ1) is 11.8. The number of nitrogens with one attached hydrogen (secondary N) is 1. The number of hydrogen-bond donors (Lipinski definition) is 2. The van der Waals surface area contributed by atoms with Crippen LogP contribution < -0.4 is 10.1 Å². The van der Waals surface area contributed by atoms with E-state index in [1.54, 1.807) is 19.1 Å². The molecule has 2 rings (SSSR count). The highest BCUT2D eigenvalue weighted by atomic mass is 16.5. The van der Waals surface area contributed by atoms with Crippen LogP contribution in [0.5, 0.6) is 5.75 Å². The second-order valence-corrected chi connectivity index (χ2v) is 6.13. The summed E-state index contributed by atoms with van der Waals surface area (Å²) in [4.78, 5) is 22.6. The Morgan fingerprint density at radius 1 is 1.24 bits per heavy atom. The Bertz CT molecular complexity index is 750. The minimum atomic E-state index is -0.884. The van der Waals surface area contributed by atoms with E-state index in [0.717, 1.165) is 11.3 Å². The molecule has 1 heterocycles. The molecule has 2 N–H and O–H groups in total. The summed E-state index contributed by atoms with van der Waals surface area (Å²) in [5.41, 5.74) is 2.20. The quantitative estimate of drug-likeness (QED) is 0.765. The fourth-order valence-corrected chi connectivity index (χ4v) is 2.39. The lowest BCUT2D eigenvalue weighted by molar-refractivity contribution is -0.137. The first kappa shape index (κ1) is 18.6. The van der Waals surface area contributed by atoms with Gasteiger partial charge < -0.3 is 19.6 Å². The minimum absolute atomic E-state index is 0.00852. The largest absolute Gasteiger partial charge is 0.485 e. The van der Waals surface area contributed by atoms with Crippen molar-refractivity contribution >= 4 is 11.9 Å². The average Bonchev–Trinajstić information content (AvgIpc) is 3.01. The smallest absolute Gasteiger partial charge is 0.303 e. The van der Waals surface area contributed by atoms with Crippen molar-refractivity contribution in [2.24, 2.45) is 0 Å². The topological polar surface area (TPSA) is 88.8 Å². The van der Waals surface area contributed by atoms with Gasteiger partial charge in [-0.15, -0.1) is 0 Å². The third-order valence-electron chi connectivity index (χ3n) is 3.75. The number of hydrogen-bond acceptors (Lipinski definition) is 4. The summed E-state index contributed by atoms with van der Waals surface area (Å²) in [5, 5.41) is 11.4. The molecular formula is C19H23NO5. The van der Waals surface area contributed by atoms with Crippen LogP contribution in [-0.2, 0) is 11.4 Å². The number of rotatable bonds is 8. The summed E-state index contributed by atoms with van der Waals surface area (Å²) in [7, 11) is 0. The van der Waals surface area contributed by atoms with Crippen LogP contribution in [0.2, 0.25) is 0 Å². The lowest BCUT2D eigenvalue weighted by atomic mass is 10.1. The minimum Gasteiger partial charge on any atom is -0.485 e. The number of ether oxygens (including phenoxy) is 1. The van der Waals surface area contributed by atoms with Crippen molar-refractivity contribution in [3.05, 3.63) is 53.0 Å². The Balaban J connectivity index is 1.88. The predicted octanol–water partition coefficient (Wildman–Crippen LogP) is 3.46. The monoisotopic (exact) mass is 345 g/mol. The molecular weight excluding hydrogens is 322 g/mol. The molecule has 25 heavy (non-hydrogen) atoms. The van der Waals surface area contributed by atoms with Crippen molar-refractivity contribution in [3.63, 3.8) is 0 Å². The van der Waals surface area contributed by atoms with Gasteiger partial charge in [0.25, 0.3) is 5.91 Å². The maximum atomic E-state index is 12.1. The van der Waals surface area contributed by atoms with E-state index in [4.69, 9.17) is 14.3 Å². The normalized spacial score (nSPS) is 11.8. The molecule has 0 aliphatic carbocycles. The Hall–Kier alpha value is -2.76. The van der Waals surface area contributed by atoms with Gasteiger partial charge in [-0.1, -0.05) is 17.7 Å². The van der Waals surface area contributed by atoms with Crippen LogP contribution in [0.15, 0.2) is 34.7 Å². The number of carbonyl (C=O) groups is 2. The Kier molecular flexibility index (Phi) is 6.22. The molecule has 0 saturated carbocycles. The zero-order valence-electron chi connectivity index (χ0n) is 14.7. The molecule has 0 aliphatic rings. The molecule has 0 spiro atoms. The number of furan rings is 1. The fourth-order valence-electron chi connectivity index (χ4n) is 2.39. The van der Waals surface area contributed by atoms with Crippen LogP contribution in [-0.4, -0.2) is 23.0 Å². The van der Waals surface area contributed by atoms with Crippen molar-refractivity contribution in [3.8, 4) is 5.75 Å². The number of benzene rings is 1. The average molecular weight is 345 g/mol. The van der Waals surface area contributed by atoms with Crippen molar-refractivity contribution < 1.29 is 23.8 Å². The molecule has 1 amide bonds. The molecule has 6 nitrogen and oxygen atoms in total. The van der Waals surface area contributed by atoms with Crippen molar-refractivity contribution in [1.82, 2.24) is 5.32 Å². The van der Waals surface area contributed by atoms with E-state index in [0.29, 0.717) is 12.2 Å². The molecule has 134 valence electrons. The van der Waals surface area contributed by atoms with Gasteiger partial charge in [-0.25, -0.2) is 0 Å². The van der Waals surface area contributed by atoms with E-state index >= 15 is 0 Å². The van der Waals surface area contributed by atoms with E-state index in [2.05, 4.69) is 5.32 Å². The Morgan fingerprint density at radius 2 is 2.00 bits per heavy atom. The summed E-state index contributed by atoms with van der Waals surface area (Å²) < 4.78 is 11.2. The third kappa shape index (κ3) is 5.67. The summed E-state index contributed by atoms with van der Waals surface area (Å²) >= 11 is 0. The highest BCUT2D eigenvalue weighted by Crippen LogP contribution is 2.20. The van der Waals surface area contributed by atoms with Crippen molar-refractivity contribution in [2.45, 2.75) is 46.3 Å². The second-order valence-electron chi connectivity index (χ2n) is 6.13. The molecule has 0 fully saturated rings. The van der Waals surface area contributed by atoms with Crippen LogP contribution >= 0.6 is 0 Å². The highest BCUT2D eigenvalue weighted by Gasteiger charge is 2.15. The van der Waals surface area contributed by atoms with Gasteiger partial charge in [0.15, 0.2) is 5.76 Å². The van der Waals surface area contributed by atoms with Gasteiger partial charge in [0.05, 0.1) is 0 Å². The summed E-state index contributed by atoms with van der Waals surface area (Å²) in [6.07, 6.45) is 0.374. The van der Waals surface area contributed by atoms with Crippen LogP contribution in [0.1, 0.15) is 47.2 Å². The van der Waals surface area contributed by atoms with E-state index in [9.17, 15) is 9.59 Å². The van der Waals surface area contributed by atoms with Crippen molar-refractivity contribution in [2.75, 3.05) is 0 Å². The standard InChI is InChI=1S/C19H23NO5/c1-12-4-7-16(13(2)10-12)24-11-15-6-8-17(25-15)19(23)20-14(3)5-9-18(21)22/h4,6-8,10,14H,5,9,11H2,1-3H3,(H,20,23)(H,21,22).